The van der Waals surface area contributed by atoms with Gasteiger partial charge in [0.15, 0.2) is 5.78 Å². The van der Waals surface area contributed by atoms with Crippen molar-refractivity contribution in [2.24, 2.45) is 0 Å². The van der Waals surface area contributed by atoms with Crippen molar-refractivity contribution in [2.75, 3.05) is 11.5 Å². The SMILES string of the molecule is CCS(=O)(=O)CCCC(=O)c1cc(C(F)(F)F)ccc1F. The summed E-state index contributed by atoms with van der Waals surface area (Å²) in [4.78, 5) is 11.7. The largest absolute Gasteiger partial charge is 0.416 e. The topological polar surface area (TPSA) is 51.2 Å². The molecule has 0 aliphatic heterocycles. The van der Waals surface area contributed by atoms with E-state index in [1.165, 1.54) is 6.92 Å². The molecule has 8 heteroatoms. The van der Waals surface area contributed by atoms with Crippen LogP contribution in [0.2, 0.25) is 0 Å². The molecular formula is C13H14F4O3S. The monoisotopic (exact) mass is 326 g/mol. The lowest BCUT2D eigenvalue weighted by Gasteiger charge is -2.09. The van der Waals surface area contributed by atoms with Crippen molar-refractivity contribution in [1.82, 2.24) is 0 Å². The highest BCUT2D eigenvalue weighted by atomic mass is 32.2. The molecule has 118 valence electrons. The molecule has 0 heterocycles. The van der Waals surface area contributed by atoms with Crippen molar-refractivity contribution < 1.29 is 30.8 Å². The van der Waals surface area contributed by atoms with Gasteiger partial charge in [0.2, 0.25) is 0 Å². The zero-order chi connectivity index (χ0) is 16.3. The van der Waals surface area contributed by atoms with Crippen LogP contribution < -0.4 is 0 Å². The lowest BCUT2D eigenvalue weighted by molar-refractivity contribution is -0.137. The van der Waals surface area contributed by atoms with Gasteiger partial charge >= 0.3 is 6.18 Å². The Hall–Kier alpha value is -1.44. The maximum atomic E-state index is 13.4. The van der Waals surface area contributed by atoms with E-state index in [4.69, 9.17) is 0 Å². The number of hydrogen-bond acceptors (Lipinski definition) is 3. The van der Waals surface area contributed by atoms with Gasteiger partial charge in [-0.05, 0) is 24.6 Å². The first-order chi connectivity index (χ1) is 9.57. The molecule has 0 aromatic heterocycles. The van der Waals surface area contributed by atoms with E-state index < -0.39 is 38.7 Å². The maximum absolute atomic E-state index is 13.4. The molecule has 1 aromatic carbocycles. The van der Waals surface area contributed by atoms with Gasteiger partial charge in [-0.3, -0.25) is 4.79 Å². The predicted octanol–water partition coefficient (Wildman–Crippen LogP) is 3.24. The third kappa shape index (κ3) is 5.11. The van der Waals surface area contributed by atoms with Crippen LogP contribution >= 0.6 is 0 Å². The first kappa shape index (κ1) is 17.6. The highest BCUT2D eigenvalue weighted by Crippen LogP contribution is 2.30. The Bertz CT molecular complexity index is 621. The number of alkyl halides is 3. The zero-order valence-corrected chi connectivity index (χ0v) is 12.0. The molecule has 0 N–H and O–H groups in total. The van der Waals surface area contributed by atoms with Crippen molar-refractivity contribution in [3.8, 4) is 0 Å². The molecule has 0 saturated heterocycles. The van der Waals surface area contributed by atoms with Gasteiger partial charge in [0, 0.05) is 12.2 Å². The molecule has 0 fully saturated rings. The third-order valence-electron chi connectivity index (χ3n) is 2.89. The summed E-state index contributed by atoms with van der Waals surface area (Å²) < 4.78 is 73.4. The Morgan fingerprint density at radius 3 is 2.38 bits per heavy atom. The number of rotatable bonds is 6. The molecule has 0 aliphatic rings. The number of benzene rings is 1. The fourth-order valence-electron chi connectivity index (χ4n) is 1.65. The average Bonchev–Trinajstić information content (AvgIpc) is 2.37. The third-order valence-corrected chi connectivity index (χ3v) is 4.68. The van der Waals surface area contributed by atoms with Gasteiger partial charge in [-0.15, -0.1) is 0 Å². The van der Waals surface area contributed by atoms with Gasteiger partial charge in [0.05, 0.1) is 16.9 Å². The quantitative estimate of drug-likeness (QED) is 0.596. The number of carbonyl (C=O) groups is 1. The van der Waals surface area contributed by atoms with Crippen molar-refractivity contribution >= 4 is 15.6 Å². The van der Waals surface area contributed by atoms with E-state index in [0.29, 0.717) is 18.2 Å². The van der Waals surface area contributed by atoms with Crippen LogP contribution in [0.4, 0.5) is 17.6 Å². The highest BCUT2D eigenvalue weighted by molar-refractivity contribution is 7.91. The summed E-state index contributed by atoms with van der Waals surface area (Å²) >= 11 is 0. The molecule has 0 aliphatic carbocycles. The van der Waals surface area contributed by atoms with Crippen molar-refractivity contribution in [2.45, 2.75) is 25.9 Å². The number of halogens is 4. The summed E-state index contributed by atoms with van der Waals surface area (Å²) in [5.74, 6) is -2.23. The molecule has 1 aromatic rings. The summed E-state index contributed by atoms with van der Waals surface area (Å²) in [7, 11) is -3.26. The van der Waals surface area contributed by atoms with Crippen LogP contribution in [0.15, 0.2) is 18.2 Å². The molecule has 1 rings (SSSR count). The van der Waals surface area contributed by atoms with Crippen molar-refractivity contribution in [3.05, 3.63) is 35.1 Å². The van der Waals surface area contributed by atoms with Crippen LogP contribution in [0.5, 0.6) is 0 Å². The number of sulfone groups is 1. The molecular weight excluding hydrogens is 312 g/mol. The Morgan fingerprint density at radius 1 is 1.24 bits per heavy atom. The smallest absolute Gasteiger partial charge is 0.294 e. The molecule has 0 bridgehead atoms. The minimum absolute atomic E-state index is 0.0509. The Labute approximate surface area is 119 Å². The van der Waals surface area contributed by atoms with E-state index in [-0.39, 0.29) is 24.3 Å². The van der Waals surface area contributed by atoms with E-state index in [1.54, 1.807) is 0 Å². The van der Waals surface area contributed by atoms with E-state index in [1.807, 2.05) is 0 Å². The van der Waals surface area contributed by atoms with E-state index >= 15 is 0 Å². The standard InChI is InChI=1S/C13H14F4O3S/c1-2-21(19,20)7-3-4-12(18)10-8-9(13(15,16)17)5-6-11(10)14/h5-6,8H,2-4,7H2,1H3. The maximum Gasteiger partial charge on any atom is 0.416 e. The number of carbonyl (C=O) groups excluding carboxylic acids is 1. The Kier molecular flexibility index (Phi) is 5.49. The first-order valence-electron chi connectivity index (χ1n) is 6.17. The van der Waals surface area contributed by atoms with Crippen LogP contribution in [-0.2, 0) is 16.0 Å². The van der Waals surface area contributed by atoms with Crippen LogP contribution in [-0.4, -0.2) is 25.7 Å². The van der Waals surface area contributed by atoms with Crippen LogP contribution in [0.1, 0.15) is 35.7 Å². The van der Waals surface area contributed by atoms with Crippen molar-refractivity contribution in [3.63, 3.8) is 0 Å². The summed E-state index contributed by atoms with van der Waals surface area (Å²) in [6.07, 6.45) is -5.05. The van der Waals surface area contributed by atoms with E-state index in [2.05, 4.69) is 0 Å². The van der Waals surface area contributed by atoms with E-state index in [9.17, 15) is 30.8 Å². The van der Waals surface area contributed by atoms with Gasteiger partial charge in [-0.25, -0.2) is 12.8 Å². The second-order valence-electron chi connectivity index (χ2n) is 4.46. The zero-order valence-electron chi connectivity index (χ0n) is 11.2. The lowest BCUT2D eigenvalue weighted by atomic mass is 10.0. The van der Waals surface area contributed by atoms with Gasteiger partial charge in [0.1, 0.15) is 15.7 Å². The van der Waals surface area contributed by atoms with Gasteiger partial charge in [-0.2, -0.15) is 13.2 Å². The predicted molar refractivity (Wildman–Crippen MR) is 69.3 cm³/mol. The number of hydrogen-bond donors (Lipinski definition) is 0. The second-order valence-corrected chi connectivity index (χ2v) is 6.93. The van der Waals surface area contributed by atoms with Crippen molar-refractivity contribution in [1.29, 1.82) is 0 Å². The first-order valence-corrected chi connectivity index (χ1v) is 7.99. The lowest BCUT2D eigenvalue weighted by Crippen LogP contribution is -2.12. The summed E-state index contributed by atoms with van der Waals surface area (Å²) in [6, 6.07) is 1.58. The summed E-state index contributed by atoms with van der Waals surface area (Å²) in [6.45, 7) is 1.45. The Morgan fingerprint density at radius 2 is 1.86 bits per heavy atom. The highest BCUT2D eigenvalue weighted by Gasteiger charge is 2.31. The molecule has 0 saturated carbocycles. The fourth-order valence-corrected chi connectivity index (χ4v) is 2.52. The van der Waals surface area contributed by atoms with Gasteiger partial charge < -0.3 is 0 Å². The minimum atomic E-state index is -4.67. The van der Waals surface area contributed by atoms with Crippen LogP contribution in [0, 0.1) is 5.82 Å². The summed E-state index contributed by atoms with van der Waals surface area (Å²) in [5.41, 5.74) is -1.79. The average molecular weight is 326 g/mol. The molecule has 3 nitrogen and oxygen atoms in total. The molecule has 0 atom stereocenters. The normalized spacial score (nSPS) is 12.4. The molecule has 0 amide bonds. The molecule has 0 unspecified atom stereocenters. The molecule has 0 spiro atoms. The second kappa shape index (κ2) is 6.55. The van der Waals surface area contributed by atoms with Gasteiger partial charge in [-0.1, -0.05) is 6.92 Å². The molecule has 0 radical (unpaired) electrons. The van der Waals surface area contributed by atoms with Gasteiger partial charge in [0.25, 0.3) is 0 Å². The number of Topliss-reactive ketones (excluding diaryl/α,β-unsaturated/α-hetero) is 1. The van der Waals surface area contributed by atoms with E-state index in [0.717, 1.165) is 0 Å². The summed E-state index contributed by atoms with van der Waals surface area (Å²) in [5, 5.41) is 0. The minimum Gasteiger partial charge on any atom is -0.294 e. The fraction of sp³-hybridized carbons (Fsp3) is 0.462. The number of ketones is 1. The Balaban J connectivity index is 2.83. The molecule has 21 heavy (non-hydrogen) atoms. The van der Waals surface area contributed by atoms with Crippen LogP contribution in [0.25, 0.3) is 0 Å². The van der Waals surface area contributed by atoms with Crippen LogP contribution in [0.3, 0.4) is 0 Å².